The molecule has 3 N–H and O–H groups in total. The number of rotatable bonds is 2. The van der Waals surface area contributed by atoms with Crippen molar-refractivity contribution in [2.75, 3.05) is 0 Å². The lowest BCUT2D eigenvalue weighted by molar-refractivity contribution is 0.0694. The molecule has 0 spiro atoms. The highest BCUT2D eigenvalue weighted by molar-refractivity contribution is 7.80. The van der Waals surface area contributed by atoms with E-state index in [-0.39, 0.29) is 16.3 Å². The number of aromatic nitrogens is 2. The Morgan fingerprint density at radius 2 is 2.00 bits per heavy atom. The van der Waals surface area contributed by atoms with E-state index in [2.05, 4.69) is 17.6 Å². The van der Waals surface area contributed by atoms with Crippen LogP contribution in [0.1, 0.15) is 10.4 Å². The van der Waals surface area contributed by atoms with Crippen molar-refractivity contribution in [3.63, 3.8) is 0 Å². The summed E-state index contributed by atoms with van der Waals surface area (Å²) in [5.74, 6) is -1.54. The van der Waals surface area contributed by atoms with Gasteiger partial charge in [0, 0.05) is 11.1 Å². The third kappa shape index (κ3) is 2.25. The number of carboxylic acid groups (broad SMARTS) is 1. The fourth-order valence-electron chi connectivity index (χ4n) is 1.55. The number of hydrogen-bond acceptors (Lipinski definition) is 5. The maximum atomic E-state index is 11.9. The Hall–Kier alpha value is -2.48. The molecule has 0 fully saturated rings. The van der Waals surface area contributed by atoms with Crippen LogP contribution in [0.15, 0.2) is 38.9 Å². The van der Waals surface area contributed by atoms with E-state index in [9.17, 15) is 19.5 Å². The molecule has 0 unspecified atom stereocenters. The number of aromatic carboxylic acids is 1. The van der Waals surface area contributed by atoms with Crippen LogP contribution in [0.2, 0.25) is 0 Å². The van der Waals surface area contributed by atoms with Gasteiger partial charge in [-0.15, -0.1) is 12.6 Å². The number of H-pyrrole nitrogens is 1. The van der Waals surface area contributed by atoms with Crippen LogP contribution in [0, 0.1) is 0 Å². The number of carboxylic acids is 1. The number of nitrogens with one attached hydrogen (secondary N) is 1. The number of hydrogen-bond donors (Lipinski definition) is 4. The zero-order chi connectivity index (χ0) is 14.2. The molecule has 8 heteroatoms. The minimum absolute atomic E-state index is 0.0792. The Kier molecular flexibility index (Phi) is 3.17. The lowest BCUT2D eigenvalue weighted by Crippen LogP contribution is -2.37. The second kappa shape index (κ2) is 4.65. The zero-order valence-corrected chi connectivity index (χ0v) is 10.2. The number of benzene rings is 1. The van der Waals surface area contributed by atoms with Crippen LogP contribution in [0.25, 0.3) is 5.69 Å². The first kappa shape index (κ1) is 13.0. The second-order valence-electron chi connectivity index (χ2n) is 3.63. The molecule has 7 nitrogen and oxygen atoms in total. The SMILES string of the molecule is O=C(O)c1c[nH]c(=O)n(-c2ccc(O)cc2S)c1=O. The molecule has 98 valence electrons. The van der Waals surface area contributed by atoms with Crippen molar-refractivity contribution < 1.29 is 15.0 Å². The van der Waals surface area contributed by atoms with Crippen LogP contribution < -0.4 is 11.2 Å². The minimum Gasteiger partial charge on any atom is -0.508 e. The predicted molar refractivity (Wildman–Crippen MR) is 68.5 cm³/mol. The molecule has 1 aromatic carbocycles. The highest BCUT2D eigenvalue weighted by atomic mass is 32.1. The smallest absolute Gasteiger partial charge is 0.342 e. The fraction of sp³-hybridized carbons (Fsp3) is 0. The molecule has 0 atom stereocenters. The quantitative estimate of drug-likeness (QED) is 0.588. The molecule has 2 aromatic rings. The van der Waals surface area contributed by atoms with Gasteiger partial charge < -0.3 is 15.2 Å². The number of phenols is 1. The summed E-state index contributed by atoms with van der Waals surface area (Å²) in [6.45, 7) is 0. The summed E-state index contributed by atoms with van der Waals surface area (Å²) in [7, 11) is 0. The summed E-state index contributed by atoms with van der Waals surface area (Å²) in [5.41, 5.74) is -2.26. The van der Waals surface area contributed by atoms with Gasteiger partial charge in [0.25, 0.3) is 5.56 Å². The third-order valence-corrected chi connectivity index (χ3v) is 2.77. The molecule has 0 bridgehead atoms. The van der Waals surface area contributed by atoms with Crippen molar-refractivity contribution in [1.82, 2.24) is 9.55 Å². The first-order chi connectivity index (χ1) is 8.91. The molecule has 2 rings (SSSR count). The maximum Gasteiger partial charge on any atom is 0.342 e. The van der Waals surface area contributed by atoms with Crippen LogP contribution >= 0.6 is 12.6 Å². The number of nitrogens with zero attached hydrogens (tertiary/aromatic N) is 1. The predicted octanol–water partition coefficient (Wildman–Crippen LogP) is 0.218. The fourth-order valence-corrected chi connectivity index (χ4v) is 1.85. The zero-order valence-electron chi connectivity index (χ0n) is 9.32. The molecule has 0 radical (unpaired) electrons. The maximum absolute atomic E-state index is 11.9. The normalized spacial score (nSPS) is 10.4. The van der Waals surface area contributed by atoms with Gasteiger partial charge in [-0.2, -0.15) is 0 Å². The molecule has 19 heavy (non-hydrogen) atoms. The van der Waals surface area contributed by atoms with E-state index in [0.29, 0.717) is 4.57 Å². The lowest BCUT2D eigenvalue weighted by atomic mass is 10.2. The van der Waals surface area contributed by atoms with Crippen molar-refractivity contribution in [3.05, 3.63) is 50.8 Å². The molecular formula is C11H8N2O5S. The van der Waals surface area contributed by atoms with Gasteiger partial charge in [-0.25, -0.2) is 14.2 Å². The van der Waals surface area contributed by atoms with Crippen LogP contribution in [-0.2, 0) is 0 Å². The Labute approximate surface area is 111 Å². The standard InChI is InChI=1S/C11H8N2O5S/c14-5-1-2-7(8(19)3-5)13-9(15)6(10(16)17)4-12-11(13)18/h1-4,14,19H,(H,12,18)(H,16,17). The number of phenolic OH excluding ortho intramolecular Hbond substituents is 1. The van der Waals surface area contributed by atoms with E-state index in [1.807, 2.05) is 0 Å². The topological polar surface area (TPSA) is 112 Å². The first-order valence-electron chi connectivity index (χ1n) is 5.02. The Morgan fingerprint density at radius 1 is 1.32 bits per heavy atom. The van der Waals surface area contributed by atoms with Crippen LogP contribution in [-0.4, -0.2) is 25.7 Å². The molecule has 0 saturated carbocycles. The van der Waals surface area contributed by atoms with Gasteiger partial charge in [-0.3, -0.25) is 4.79 Å². The van der Waals surface area contributed by atoms with Gasteiger partial charge in [0.2, 0.25) is 0 Å². The summed E-state index contributed by atoms with van der Waals surface area (Å²) in [5, 5.41) is 18.1. The summed E-state index contributed by atoms with van der Waals surface area (Å²) in [6.07, 6.45) is 0.835. The van der Waals surface area contributed by atoms with Crippen LogP contribution in [0.3, 0.4) is 0 Å². The number of aromatic hydroxyl groups is 1. The Morgan fingerprint density at radius 3 is 2.58 bits per heavy atom. The molecular weight excluding hydrogens is 272 g/mol. The summed E-state index contributed by atoms with van der Waals surface area (Å²) < 4.78 is 0.644. The third-order valence-electron chi connectivity index (χ3n) is 2.41. The van der Waals surface area contributed by atoms with Gasteiger partial charge in [0.15, 0.2) is 0 Å². The van der Waals surface area contributed by atoms with E-state index >= 15 is 0 Å². The van der Waals surface area contributed by atoms with Crippen molar-refractivity contribution >= 4 is 18.6 Å². The van der Waals surface area contributed by atoms with E-state index in [4.69, 9.17) is 5.11 Å². The molecule has 1 heterocycles. The average Bonchev–Trinajstić information content (AvgIpc) is 2.31. The lowest BCUT2D eigenvalue weighted by Gasteiger charge is -2.08. The first-order valence-corrected chi connectivity index (χ1v) is 5.47. The van der Waals surface area contributed by atoms with Crippen molar-refractivity contribution in [3.8, 4) is 11.4 Å². The Balaban J connectivity index is 2.82. The van der Waals surface area contributed by atoms with Gasteiger partial charge in [-0.05, 0) is 18.2 Å². The highest BCUT2D eigenvalue weighted by Gasteiger charge is 2.16. The Bertz CT molecular complexity index is 777. The average molecular weight is 280 g/mol. The molecule has 1 aromatic heterocycles. The molecule has 0 aliphatic carbocycles. The number of aromatic amines is 1. The summed E-state index contributed by atoms with van der Waals surface area (Å²) >= 11 is 4.04. The van der Waals surface area contributed by atoms with Gasteiger partial charge in [-0.1, -0.05) is 0 Å². The van der Waals surface area contributed by atoms with Crippen molar-refractivity contribution in [1.29, 1.82) is 0 Å². The number of carbonyl (C=O) groups is 1. The van der Waals surface area contributed by atoms with E-state index in [1.54, 1.807) is 0 Å². The molecule has 0 aliphatic rings. The van der Waals surface area contributed by atoms with E-state index in [0.717, 1.165) is 6.20 Å². The van der Waals surface area contributed by atoms with Crippen LogP contribution in [0.4, 0.5) is 0 Å². The van der Waals surface area contributed by atoms with Crippen molar-refractivity contribution in [2.45, 2.75) is 4.90 Å². The second-order valence-corrected chi connectivity index (χ2v) is 4.11. The van der Waals surface area contributed by atoms with Crippen LogP contribution in [0.5, 0.6) is 5.75 Å². The van der Waals surface area contributed by atoms with E-state index < -0.39 is 22.8 Å². The largest absolute Gasteiger partial charge is 0.508 e. The molecule has 0 amide bonds. The summed E-state index contributed by atoms with van der Waals surface area (Å²) in [6, 6.07) is 3.78. The van der Waals surface area contributed by atoms with Gasteiger partial charge in [0.1, 0.15) is 11.3 Å². The summed E-state index contributed by atoms with van der Waals surface area (Å²) in [4.78, 5) is 36.8. The monoisotopic (exact) mass is 280 g/mol. The van der Waals surface area contributed by atoms with Crippen molar-refractivity contribution in [2.24, 2.45) is 0 Å². The van der Waals surface area contributed by atoms with Gasteiger partial charge in [0.05, 0.1) is 5.69 Å². The minimum atomic E-state index is -1.45. The molecule has 0 aliphatic heterocycles. The highest BCUT2D eigenvalue weighted by Crippen LogP contribution is 2.21. The number of thiol groups is 1. The van der Waals surface area contributed by atoms with Gasteiger partial charge >= 0.3 is 11.7 Å². The molecule has 0 saturated heterocycles. The van der Waals surface area contributed by atoms with E-state index in [1.165, 1.54) is 18.2 Å².